The maximum atomic E-state index is 13.3. The van der Waals surface area contributed by atoms with Gasteiger partial charge in [0, 0.05) is 5.92 Å². The number of carboxylic acids is 1. The Hall–Kier alpha value is -4.17. The van der Waals surface area contributed by atoms with Crippen LogP contribution >= 0.6 is 0 Å². The molecule has 0 unspecified atom stereocenters. The summed E-state index contributed by atoms with van der Waals surface area (Å²) >= 11 is 0. The number of alkyl carbamates (subject to hydrolysis) is 1. The van der Waals surface area contributed by atoms with Gasteiger partial charge in [0.15, 0.2) is 6.04 Å². The zero-order chi connectivity index (χ0) is 28.9. The molecule has 0 bridgehead atoms. The third-order valence-corrected chi connectivity index (χ3v) is 7.12. The lowest BCUT2D eigenvalue weighted by atomic mass is 9.86. The molecule has 0 heterocycles. The number of carbonyl (C=O) groups excluding carboxylic acids is 2. The molecule has 8 heteroatoms. The van der Waals surface area contributed by atoms with E-state index in [1.165, 1.54) is 0 Å². The van der Waals surface area contributed by atoms with Crippen LogP contribution < -0.4 is 10.6 Å². The van der Waals surface area contributed by atoms with E-state index in [1.54, 1.807) is 27.7 Å². The molecule has 2 amide bonds. The number of benzene rings is 3. The lowest BCUT2D eigenvalue weighted by Gasteiger charge is -2.32. The first-order chi connectivity index (χ1) is 19.1. The van der Waals surface area contributed by atoms with Crippen molar-refractivity contribution in [3.8, 4) is 11.1 Å². The van der Waals surface area contributed by atoms with E-state index in [9.17, 15) is 19.5 Å². The van der Waals surface area contributed by atoms with Crippen molar-refractivity contribution in [2.75, 3.05) is 6.61 Å². The van der Waals surface area contributed by atoms with E-state index in [0.717, 1.165) is 27.8 Å². The number of aliphatic carboxylic acids is 1. The van der Waals surface area contributed by atoms with Gasteiger partial charge in [-0.15, -0.1) is 0 Å². The Morgan fingerprint density at radius 1 is 0.850 bits per heavy atom. The second-order valence-corrected chi connectivity index (χ2v) is 11.1. The largest absolute Gasteiger partial charge is 0.480 e. The first-order valence-corrected chi connectivity index (χ1v) is 13.4. The Kier molecular flexibility index (Phi) is 8.90. The first-order valence-electron chi connectivity index (χ1n) is 13.4. The molecule has 0 saturated heterocycles. The van der Waals surface area contributed by atoms with Gasteiger partial charge in [-0.25, -0.2) is 9.59 Å². The smallest absolute Gasteiger partial charge is 0.407 e. The van der Waals surface area contributed by atoms with Gasteiger partial charge in [0.05, 0.1) is 12.7 Å². The van der Waals surface area contributed by atoms with Gasteiger partial charge in [0.25, 0.3) is 0 Å². The Balaban J connectivity index is 1.40. The molecule has 1 aliphatic rings. The molecular weight excluding hydrogens is 508 g/mol. The van der Waals surface area contributed by atoms with Crippen LogP contribution in [0.15, 0.2) is 78.9 Å². The maximum Gasteiger partial charge on any atom is 0.407 e. The van der Waals surface area contributed by atoms with Crippen molar-refractivity contribution in [1.29, 1.82) is 0 Å². The highest BCUT2D eigenvalue weighted by atomic mass is 16.5. The van der Waals surface area contributed by atoms with Crippen LogP contribution in [0.25, 0.3) is 11.1 Å². The Morgan fingerprint density at radius 2 is 1.40 bits per heavy atom. The maximum absolute atomic E-state index is 13.3. The molecule has 1 aliphatic carbocycles. The minimum atomic E-state index is -1.31. The minimum absolute atomic E-state index is 0.0977. The summed E-state index contributed by atoms with van der Waals surface area (Å²) in [5.41, 5.74) is 4.54. The number of amides is 2. The average Bonchev–Trinajstić information content (AvgIpc) is 3.25. The van der Waals surface area contributed by atoms with Crippen molar-refractivity contribution < 1.29 is 29.0 Å². The molecular formula is C32H36N2O6. The summed E-state index contributed by atoms with van der Waals surface area (Å²) in [6, 6.07) is 23.0. The number of rotatable bonds is 10. The summed E-state index contributed by atoms with van der Waals surface area (Å²) in [7, 11) is 0. The summed E-state index contributed by atoms with van der Waals surface area (Å²) < 4.78 is 11.4. The number of carboxylic acid groups (broad SMARTS) is 1. The van der Waals surface area contributed by atoms with Gasteiger partial charge in [0.2, 0.25) is 5.91 Å². The highest BCUT2D eigenvalue weighted by molar-refractivity contribution is 5.90. The van der Waals surface area contributed by atoms with Crippen LogP contribution in [-0.2, 0) is 25.7 Å². The zero-order valence-electron chi connectivity index (χ0n) is 23.2. The second kappa shape index (κ2) is 12.3. The SMILES string of the molecule is C[C@@H](OCc1ccccc1)[C@H](NC(=O)[C@@H](NC(=O)OCC1c2ccccc2-c2ccccc21)C(C)(C)C)C(=O)O. The Bertz CT molecular complexity index is 1310. The highest BCUT2D eigenvalue weighted by Gasteiger charge is 2.37. The number of nitrogens with one attached hydrogen (secondary N) is 2. The van der Waals surface area contributed by atoms with E-state index in [4.69, 9.17) is 9.47 Å². The lowest BCUT2D eigenvalue weighted by molar-refractivity contribution is -0.147. The first kappa shape index (κ1) is 28.8. The standard InChI is InChI=1S/C32H36N2O6/c1-20(39-18-21-12-6-5-7-13-21)27(30(36)37)33-29(35)28(32(2,3)4)34-31(38)40-19-26-24-16-10-8-14-22(24)23-15-9-11-17-25(23)26/h5-17,20,26-28H,18-19H2,1-4H3,(H,33,35)(H,34,38)(H,36,37)/t20-,27+,28-/m1/s1. The van der Waals surface area contributed by atoms with Gasteiger partial charge in [-0.1, -0.05) is 99.6 Å². The fourth-order valence-corrected chi connectivity index (χ4v) is 4.95. The molecule has 3 aromatic rings. The molecule has 0 aliphatic heterocycles. The van der Waals surface area contributed by atoms with Gasteiger partial charge in [-0.3, -0.25) is 4.79 Å². The van der Waals surface area contributed by atoms with Crippen molar-refractivity contribution in [3.63, 3.8) is 0 Å². The number of fused-ring (bicyclic) bond motifs is 3. The van der Waals surface area contributed by atoms with E-state index in [0.29, 0.717) is 0 Å². The molecule has 4 rings (SSSR count). The van der Waals surface area contributed by atoms with E-state index >= 15 is 0 Å². The molecule has 40 heavy (non-hydrogen) atoms. The molecule has 8 nitrogen and oxygen atoms in total. The molecule has 3 atom stereocenters. The number of ether oxygens (including phenoxy) is 2. The van der Waals surface area contributed by atoms with Crippen LogP contribution in [0, 0.1) is 5.41 Å². The molecule has 0 fully saturated rings. The predicted molar refractivity (Wildman–Crippen MR) is 152 cm³/mol. The normalized spacial score (nSPS) is 14.8. The molecule has 0 aromatic heterocycles. The third-order valence-electron chi connectivity index (χ3n) is 7.12. The molecule has 3 aromatic carbocycles. The van der Waals surface area contributed by atoms with Gasteiger partial charge in [-0.05, 0) is 40.2 Å². The fourth-order valence-electron chi connectivity index (χ4n) is 4.95. The quantitative estimate of drug-likeness (QED) is 0.327. The monoisotopic (exact) mass is 544 g/mol. The van der Waals surface area contributed by atoms with Crippen LogP contribution in [-0.4, -0.2) is 47.9 Å². The van der Waals surface area contributed by atoms with Crippen molar-refractivity contribution in [2.24, 2.45) is 5.41 Å². The van der Waals surface area contributed by atoms with E-state index in [1.807, 2.05) is 66.7 Å². The molecule has 0 radical (unpaired) electrons. The molecule has 210 valence electrons. The van der Waals surface area contributed by atoms with Crippen LogP contribution in [0.1, 0.15) is 50.3 Å². The van der Waals surface area contributed by atoms with Crippen molar-refractivity contribution >= 4 is 18.0 Å². The van der Waals surface area contributed by atoms with Crippen LogP contribution in [0.5, 0.6) is 0 Å². The molecule has 3 N–H and O–H groups in total. The summed E-state index contributed by atoms with van der Waals surface area (Å²) in [5, 5.41) is 15.0. The van der Waals surface area contributed by atoms with E-state index < -0.39 is 41.6 Å². The summed E-state index contributed by atoms with van der Waals surface area (Å²) in [4.78, 5) is 38.3. The molecule has 0 spiro atoms. The van der Waals surface area contributed by atoms with Crippen LogP contribution in [0.3, 0.4) is 0 Å². The lowest BCUT2D eigenvalue weighted by Crippen LogP contribution is -2.58. The predicted octanol–water partition coefficient (Wildman–Crippen LogP) is 5.11. The highest BCUT2D eigenvalue weighted by Crippen LogP contribution is 2.44. The van der Waals surface area contributed by atoms with Crippen molar-refractivity contribution in [3.05, 3.63) is 95.6 Å². The fraction of sp³-hybridized carbons (Fsp3) is 0.344. The number of hydrogen-bond acceptors (Lipinski definition) is 5. The second-order valence-electron chi connectivity index (χ2n) is 11.1. The van der Waals surface area contributed by atoms with Crippen molar-refractivity contribution in [2.45, 2.75) is 58.4 Å². The Labute approximate surface area is 234 Å². The van der Waals surface area contributed by atoms with Crippen molar-refractivity contribution in [1.82, 2.24) is 10.6 Å². The number of hydrogen-bond donors (Lipinski definition) is 3. The van der Waals surface area contributed by atoms with Gasteiger partial charge < -0.3 is 25.2 Å². The summed E-state index contributed by atoms with van der Waals surface area (Å²) in [6.45, 7) is 7.24. The molecule has 0 saturated carbocycles. The van der Waals surface area contributed by atoms with E-state index in [-0.39, 0.29) is 19.1 Å². The average molecular weight is 545 g/mol. The summed E-state index contributed by atoms with van der Waals surface area (Å²) in [5.74, 6) is -2.00. The summed E-state index contributed by atoms with van der Waals surface area (Å²) in [6.07, 6.45) is -1.58. The van der Waals surface area contributed by atoms with E-state index in [2.05, 4.69) is 22.8 Å². The van der Waals surface area contributed by atoms with Gasteiger partial charge in [-0.2, -0.15) is 0 Å². The Morgan fingerprint density at radius 3 is 1.95 bits per heavy atom. The minimum Gasteiger partial charge on any atom is -0.480 e. The topological polar surface area (TPSA) is 114 Å². The van der Waals surface area contributed by atoms with Crippen LogP contribution in [0.4, 0.5) is 4.79 Å². The van der Waals surface area contributed by atoms with Crippen LogP contribution in [0.2, 0.25) is 0 Å². The zero-order valence-corrected chi connectivity index (χ0v) is 23.2. The van der Waals surface area contributed by atoms with Gasteiger partial charge in [0.1, 0.15) is 12.6 Å². The number of carbonyl (C=O) groups is 3. The third kappa shape index (κ3) is 6.69. The van der Waals surface area contributed by atoms with Gasteiger partial charge >= 0.3 is 12.1 Å².